The smallest absolute Gasteiger partial charge is 0.305 e. The molecule has 0 spiro atoms. The van der Waals surface area contributed by atoms with E-state index in [-0.39, 0.29) is 18.9 Å². The van der Waals surface area contributed by atoms with Crippen LogP contribution in [0.3, 0.4) is 0 Å². The molecule has 1 heterocycles. The van der Waals surface area contributed by atoms with Crippen molar-refractivity contribution in [1.29, 1.82) is 0 Å². The van der Waals surface area contributed by atoms with E-state index >= 15 is 0 Å². The second kappa shape index (κ2) is 6.87. The Morgan fingerprint density at radius 3 is 2.59 bits per heavy atom. The van der Waals surface area contributed by atoms with Crippen molar-refractivity contribution in [2.24, 2.45) is 0 Å². The summed E-state index contributed by atoms with van der Waals surface area (Å²) in [5.41, 5.74) is 0.483. The molecule has 0 aromatic heterocycles. The summed E-state index contributed by atoms with van der Waals surface area (Å²) in [4.78, 5) is 11.1. The molecule has 0 aliphatic carbocycles. The third-order valence-corrected chi connectivity index (χ3v) is 4.38. The van der Waals surface area contributed by atoms with Gasteiger partial charge >= 0.3 is 5.97 Å². The summed E-state index contributed by atoms with van der Waals surface area (Å²) < 4.78 is 40.6. The van der Waals surface area contributed by atoms with E-state index in [1.807, 2.05) is 0 Å². The van der Waals surface area contributed by atoms with Crippen molar-refractivity contribution in [1.82, 2.24) is 0 Å². The molecule has 1 aromatic rings. The number of fused-ring (bicyclic) bond motifs is 1. The number of esters is 1. The van der Waals surface area contributed by atoms with Gasteiger partial charge in [-0.3, -0.25) is 9.10 Å². The van der Waals surface area contributed by atoms with Crippen LogP contribution in [0.4, 0.5) is 5.69 Å². The Morgan fingerprint density at radius 1 is 1.27 bits per heavy atom. The Bertz CT molecular complexity index is 643. The maximum absolute atomic E-state index is 12.0. The maximum atomic E-state index is 12.0. The largest absolute Gasteiger partial charge is 0.486 e. The lowest BCUT2D eigenvalue weighted by Crippen LogP contribution is -2.31. The van der Waals surface area contributed by atoms with Crippen molar-refractivity contribution < 1.29 is 27.4 Å². The van der Waals surface area contributed by atoms with Gasteiger partial charge in [-0.05, 0) is 18.6 Å². The van der Waals surface area contributed by atoms with Crippen LogP contribution < -0.4 is 13.8 Å². The highest BCUT2D eigenvalue weighted by molar-refractivity contribution is 7.92. The molecule has 0 saturated heterocycles. The number of sulfonamides is 1. The predicted octanol–water partition coefficient (Wildman–Crippen LogP) is 1.18. The third-order valence-electron chi connectivity index (χ3n) is 3.18. The van der Waals surface area contributed by atoms with Crippen molar-refractivity contribution in [3.8, 4) is 11.5 Å². The van der Waals surface area contributed by atoms with Gasteiger partial charge in [0.25, 0.3) is 0 Å². The predicted molar refractivity (Wildman–Crippen MR) is 80.9 cm³/mol. The fraction of sp³-hybridized carbons (Fsp3) is 0.500. The van der Waals surface area contributed by atoms with Gasteiger partial charge in [0.2, 0.25) is 10.0 Å². The van der Waals surface area contributed by atoms with E-state index in [0.29, 0.717) is 36.8 Å². The molecule has 0 radical (unpaired) electrons. The Labute approximate surface area is 129 Å². The molecule has 1 aliphatic rings. The molecule has 0 atom stereocenters. The van der Waals surface area contributed by atoms with E-state index in [2.05, 4.69) is 4.74 Å². The van der Waals surface area contributed by atoms with Gasteiger partial charge in [0.05, 0.1) is 19.1 Å². The minimum Gasteiger partial charge on any atom is -0.486 e. The maximum Gasteiger partial charge on any atom is 0.305 e. The number of anilines is 1. The Balaban J connectivity index is 2.17. The fourth-order valence-electron chi connectivity index (χ4n) is 2.14. The minimum absolute atomic E-state index is 0.160. The average Bonchev–Trinajstić information content (AvgIpc) is 2.49. The molecule has 7 nitrogen and oxygen atoms in total. The zero-order valence-corrected chi connectivity index (χ0v) is 13.4. The van der Waals surface area contributed by atoms with E-state index in [9.17, 15) is 13.2 Å². The van der Waals surface area contributed by atoms with Crippen molar-refractivity contribution in [2.75, 3.05) is 37.4 Å². The molecule has 0 saturated carbocycles. The second-order valence-corrected chi connectivity index (χ2v) is 6.75. The van der Waals surface area contributed by atoms with Gasteiger partial charge in [0.15, 0.2) is 11.5 Å². The molecule has 2 rings (SSSR count). The summed E-state index contributed by atoms with van der Waals surface area (Å²) >= 11 is 0. The van der Waals surface area contributed by atoms with Gasteiger partial charge in [-0.2, -0.15) is 0 Å². The van der Waals surface area contributed by atoms with Crippen LogP contribution in [0.25, 0.3) is 0 Å². The quantitative estimate of drug-likeness (QED) is 0.729. The van der Waals surface area contributed by atoms with E-state index in [4.69, 9.17) is 9.47 Å². The van der Waals surface area contributed by atoms with Gasteiger partial charge in [-0.15, -0.1) is 0 Å². The van der Waals surface area contributed by atoms with Gasteiger partial charge in [0.1, 0.15) is 13.2 Å². The van der Waals surface area contributed by atoms with Gasteiger partial charge in [-0.1, -0.05) is 0 Å². The summed E-state index contributed by atoms with van der Waals surface area (Å²) in [5, 5.41) is 0. The molecule has 22 heavy (non-hydrogen) atoms. The first-order chi connectivity index (χ1) is 10.4. The summed E-state index contributed by atoms with van der Waals surface area (Å²) in [6, 6.07) is 4.97. The van der Waals surface area contributed by atoms with E-state index in [1.54, 1.807) is 18.2 Å². The molecule has 0 amide bonds. The Kier molecular flexibility index (Phi) is 5.12. The summed E-state index contributed by atoms with van der Waals surface area (Å²) in [6.07, 6.45) is 1.66. The first-order valence-corrected chi connectivity index (χ1v) is 8.71. The topological polar surface area (TPSA) is 82.1 Å². The number of nitrogens with zero attached hydrogens (tertiary/aromatic N) is 1. The van der Waals surface area contributed by atoms with Crippen molar-refractivity contribution >= 4 is 21.7 Å². The van der Waals surface area contributed by atoms with Gasteiger partial charge in [-0.25, -0.2) is 8.42 Å². The molecule has 0 unspecified atom stereocenters. The molecular formula is C14H19NO6S. The van der Waals surface area contributed by atoms with Crippen molar-refractivity contribution in [3.05, 3.63) is 18.2 Å². The molecule has 122 valence electrons. The molecule has 0 N–H and O–H groups in total. The molecule has 0 bridgehead atoms. The van der Waals surface area contributed by atoms with E-state index in [0.717, 1.165) is 6.26 Å². The third kappa shape index (κ3) is 4.03. The average molecular weight is 329 g/mol. The molecule has 8 heteroatoms. The standard InChI is InChI=1S/C14H19NO6S/c1-19-14(16)4-3-7-15(22(2,17)18)11-5-6-12-13(10-11)21-9-8-20-12/h5-6,10H,3-4,7-9H2,1-2H3. The molecular weight excluding hydrogens is 310 g/mol. The highest BCUT2D eigenvalue weighted by Gasteiger charge is 2.20. The van der Waals surface area contributed by atoms with Crippen LogP contribution >= 0.6 is 0 Å². The highest BCUT2D eigenvalue weighted by Crippen LogP contribution is 2.34. The minimum atomic E-state index is -3.46. The van der Waals surface area contributed by atoms with Crippen LogP contribution in [0.1, 0.15) is 12.8 Å². The molecule has 1 aliphatic heterocycles. The van der Waals surface area contributed by atoms with E-state index in [1.165, 1.54) is 11.4 Å². The van der Waals surface area contributed by atoms with Gasteiger partial charge in [0, 0.05) is 19.0 Å². The lowest BCUT2D eigenvalue weighted by Gasteiger charge is -2.25. The molecule has 0 fully saturated rings. The Hall–Kier alpha value is -1.96. The summed E-state index contributed by atoms with van der Waals surface area (Å²) in [6.45, 7) is 1.09. The van der Waals surface area contributed by atoms with Crippen LogP contribution in [0.2, 0.25) is 0 Å². The summed E-state index contributed by atoms with van der Waals surface area (Å²) in [7, 11) is -2.16. The lowest BCUT2D eigenvalue weighted by atomic mass is 10.2. The van der Waals surface area contributed by atoms with Gasteiger partial charge < -0.3 is 14.2 Å². The van der Waals surface area contributed by atoms with Crippen LogP contribution in [0, 0.1) is 0 Å². The van der Waals surface area contributed by atoms with Crippen molar-refractivity contribution in [2.45, 2.75) is 12.8 Å². The first kappa shape index (κ1) is 16.4. The zero-order chi connectivity index (χ0) is 16.2. The number of hydrogen-bond donors (Lipinski definition) is 0. The number of ether oxygens (including phenoxy) is 3. The summed E-state index contributed by atoms with van der Waals surface area (Å²) in [5.74, 6) is 0.749. The number of methoxy groups -OCH3 is 1. The lowest BCUT2D eigenvalue weighted by molar-refractivity contribution is -0.140. The van der Waals surface area contributed by atoms with Crippen LogP contribution in [-0.2, 0) is 19.6 Å². The van der Waals surface area contributed by atoms with Crippen LogP contribution in [-0.4, -0.2) is 47.5 Å². The van der Waals surface area contributed by atoms with Crippen molar-refractivity contribution in [3.63, 3.8) is 0 Å². The number of carbonyl (C=O) groups is 1. The van der Waals surface area contributed by atoms with Crippen LogP contribution in [0.15, 0.2) is 18.2 Å². The highest BCUT2D eigenvalue weighted by atomic mass is 32.2. The normalized spacial score (nSPS) is 13.5. The number of hydrogen-bond acceptors (Lipinski definition) is 6. The second-order valence-electron chi connectivity index (χ2n) is 4.84. The van der Waals surface area contributed by atoms with Crippen LogP contribution in [0.5, 0.6) is 11.5 Å². The fourth-order valence-corrected chi connectivity index (χ4v) is 3.10. The number of rotatable bonds is 6. The monoisotopic (exact) mass is 329 g/mol. The molecule has 1 aromatic carbocycles. The van der Waals surface area contributed by atoms with E-state index < -0.39 is 10.0 Å². The number of carbonyl (C=O) groups excluding carboxylic acids is 1. The SMILES string of the molecule is COC(=O)CCCN(c1ccc2c(c1)OCCO2)S(C)(=O)=O. The number of benzene rings is 1. The Morgan fingerprint density at radius 2 is 1.95 bits per heavy atom. The first-order valence-electron chi connectivity index (χ1n) is 6.86. The zero-order valence-electron chi connectivity index (χ0n) is 12.6.